The molecule has 2 rings (SSSR count). The first-order chi connectivity index (χ1) is 10.3. The number of aromatic nitrogens is 3. The first-order valence-electron chi connectivity index (χ1n) is 6.82. The summed E-state index contributed by atoms with van der Waals surface area (Å²) in [6.45, 7) is 4.07. The third kappa shape index (κ3) is 3.52. The number of nitrogens with zero attached hydrogens (tertiary/aromatic N) is 4. The number of hydrogen-bond acceptors (Lipinski definition) is 4. The highest BCUT2D eigenvalue weighted by Gasteiger charge is 2.33. The zero-order valence-corrected chi connectivity index (χ0v) is 12.5. The predicted octanol–water partition coefficient (Wildman–Crippen LogP) is 3.72. The molecule has 0 aliphatic carbocycles. The van der Waals surface area contributed by atoms with Crippen molar-refractivity contribution in [3.63, 3.8) is 0 Å². The molecule has 2 aromatic rings. The Hall–Kier alpha value is -2.18. The van der Waals surface area contributed by atoms with Gasteiger partial charge < -0.3 is 4.90 Å². The van der Waals surface area contributed by atoms with Gasteiger partial charge in [-0.15, -0.1) is 0 Å². The second-order valence-corrected chi connectivity index (χ2v) is 5.34. The summed E-state index contributed by atoms with van der Waals surface area (Å²) in [7, 11) is 1.79. The van der Waals surface area contributed by atoms with E-state index in [0.717, 1.165) is 18.0 Å². The SMILES string of the molecule is CC(C)C(c1cccnc1)N(C)c1cnc(C(F)(F)F)cn1. The van der Waals surface area contributed by atoms with Crippen LogP contribution in [-0.2, 0) is 6.18 Å². The van der Waals surface area contributed by atoms with E-state index in [1.165, 1.54) is 0 Å². The van der Waals surface area contributed by atoms with Crippen LogP contribution in [0.1, 0.15) is 31.1 Å². The van der Waals surface area contributed by atoms with Gasteiger partial charge in [0.25, 0.3) is 0 Å². The molecule has 0 saturated heterocycles. The average molecular weight is 310 g/mol. The van der Waals surface area contributed by atoms with Crippen molar-refractivity contribution in [3.8, 4) is 0 Å². The highest BCUT2D eigenvalue weighted by molar-refractivity contribution is 5.39. The van der Waals surface area contributed by atoms with Crippen LogP contribution in [0.4, 0.5) is 19.0 Å². The maximum atomic E-state index is 12.5. The molecule has 2 heterocycles. The van der Waals surface area contributed by atoms with Crippen LogP contribution in [0.25, 0.3) is 0 Å². The Labute approximate surface area is 127 Å². The van der Waals surface area contributed by atoms with E-state index >= 15 is 0 Å². The molecule has 0 N–H and O–H groups in total. The van der Waals surface area contributed by atoms with Crippen molar-refractivity contribution in [2.75, 3.05) is 11.9 Å². The smallest absolute Gasteiger partial charge is 0.351 e. The molecule has 1 unspecified atom stereocenters. The van der Waals surface area contributed by atoms with Crippen molar-refractivity contribution < 1.29 is 13.2 Å². The van der Waals surface area contributed by atoms with Gasteiger partial charge in [0, 0.05) is 19.4 Å². The first kappa shape index (κ1) is 16.2. The van der Waals surface area contributed by atoms with E-state index in [0.29, 0.717) is 5.82 Å². The molecule has 118 valence electrons. The summed E-state index contributed by atoms with van der Waals surface area (Å²) < 4.78 is 37.6. The lowest BCUT2D eigenvalue weighted by Gasteiger charge is -2.32. The molecule has 22 heavy (non-hydrogen) atoms. The van der Waals surface area contributed by atoms with Gasteiger partial charge in [0.15, 0.2) is 5.69 Å². The molecule has 2 aromatic heterocycles. The largest absolute Gasteiger partial charge is 0.434 e. The monoisotopic (exact) mass is 310 g/mol. The Morgan fingerprint density at radius 2 is 1.82 bits per heavy atom. The quantitative estimate of drug-likeness (QED) is 0.863. The van der Waals surface area contributed by atoms with Crippen molar-refractivity contribution in [3.05, 3.63) is 48.2 Å². The number of anilines is 1. The maximum absolute atomic E-state index is 12.5. The molecule has 4 nitrogen and oxygen atoms in total. The van der Waals surface area contributed by atoms with Crippen LogP contribution in [0.15, 0.2) is 36.9 Å². The van der Waals surface area contributed by atoms with Crippen molar-refractivity contribution in [2.24, 2.45) is 5.92 Å². The molecule has 0 aliphatic rings. The molecule has 7 heteroatoms. The van der Waals surface area contributed by atoms with E-state index in [1.807, 2.05) is 30.9 Å². The summed E-state index contributed by atoms with van der Waals surface area (Å²) in [5.74, 6) is 0.605. The van der Waals surface area contributed by atoms with E-state index in [-0.39, 0.29) is 12.0 Å². The van der Waals surface area contributed by atoms with Crippen LogP contribution in [0.3, 0.4) is 0 Å². The Bertz CT molecular complexity index is 596. The summed E-state index contributed by atoms with van der Waals surface area (Å²) in [6, 6.07) is 3.71. The van der Waals surface area contributed by atoms with Gasteiger partial charge in [-0.1, -0.05) is 19.9 Å². The standard InChI is InChI=1S/C15H17F3N4/c1-10(2)14(11-5-4-6-19-7-11)22(3)13-9-20-12(8-21-13)15(16,17)18/h4-10,14H,1-3H3. The number of alkyl halides is 3. The third-order valence-corrected chi connectivity index (χ3v) is 3.36. The lowest BCUT2D eigenvalue weighted by molar-refractivity contribution is -0.141. The molecule has 0 radical (unpaired) electrons. The molecule has 0 amide bonds. The minimum Gasteiger partial charge on any atom is -0.351 e. The van der Waals surface area contributed by atoms with Crippen LogP contribution >= 0.6 is 0 Å². The molecule has 0 aliphatic heterocycles. The predicted molar refractivity (Wildman–Crippen MR) is 77.3 cm³/mol. The topological polar surface area (TPSA) is 41.9 Å². The minimum absolute atomic E-state index is 0.0558. The average Bonchev–Trinajstić information content (AvgIpc) is 2.47. The van der Waals surface area contributed by atoms with E-state index in [9.17, 15) is 13.2 Å². The molecular formula is C15H17F3N4. The molecule has 0 fully saturated rings. The Morgan fingerprint density at radius 1 is 1.09 bits per heavy atom. The summed E-state index contributed by atoms with van der Waals surface area (Å²) in [4.78, 5) is 13.3. The zero-order chi connectivity index (χ0) is 16.3. The van der Waals surface area contributed by atoms with Crippen LogP contribution in [0.2, 0.25) is 0 Å². The molecule has 0 saturated carbocycles. The lowest BCUT2D eigenvalue weighted by Crippen LogP contribution is -2.29. The van der Waals surface area contributed by atoms with Gasteiger partial charge in [-0.25, -0.2) is 9.97 Å². The lowest BCUT2D eigenvalue weighted by atomic mass is 9.96. The van der Waals surface area contributed by atoms with Crippen molar-refractivity contribution in [2.45, 2.75) is 26.1 Å². The molecular weight excluding hydrogens is 293 g/mol. The van der Waals surface area contributed by atoms with Gasteiger partial charge in [-0.05, 0) is 17.5 Å². The summed E-state index contributed by atoms with van der Waals surface area (Å²) in [6.07, 6.45) is 0.851. The highest BCUT2D eigenvalue weighted by atomic mass is 19.4. The zero-order valence-electron chi connectivity index (χ0n) is 12.5. The number of halogens is 3. The number of pyridine rings is 1. The van der Waals surface area contributed by atoms with Gasteiger partial charge in [0.05, 0.1) is 18.4 Å². The Kier molecular flexibility index (Phi) is 4.63. The fourth-order valence-corrected chi connectivity index (χ4v) is 2.40. The third-order valence-electron chi connectivity index (χ3n) is 3.36. The fraction of sp³-hybridized carbons (Fsp3) is 0.400. The van der Waals surface area contributed by atoms with Gasteiger partial charge in [-0.2, -0.15) is 13.2 Å². The number of hydrogen-bond donors (Lipinski definition) is 0. The number of rotatable bonds is 4. The summed E-state index contributed by atoms with van der Waals surface area (Å²) in [5.41, 5.74) is -0.0196. The van der Waals surface area contributed by atoms with Gasteiger partial charge in [0.1, 0.15) is 5.82 Å². The second-order valence-electron chi connectivity index (χ2n) is 5.34. The molecule has 1 atom stereocenters. The van der Waals surface area contributed by atoms with E-state index in [2.05, 4.69) is 15.0 Å². The molecule has 0 bridgehead atoms. The summed E-state index contributed by atoms with van der Waals surface area (Å²) in [5, 5.41) is 0. The van der Waals surface area contributed by atoms with E-state index in [1.54, 1.807) is 19.4 Å². The van der Waals surface area contributed by atoms with E-state index < -0.39 is 11.9 Å². The summed E-state index contributed by atoms with van der Waals surface area (Å²) >= 11 is 0. The van der Waals surface area contributed by atoms with Crippen molar-refractivity contribution >= 4 is 5.82 Å². The van der Waals surface area contributed by atoms with Crippen LogP contribution in [0, 0.1) is 5.92 Å². The van der Waals surface area contributed by atoms with Gasteiger partial charge >= 0.3 is 6.18 Å². The second kappa shape index (κ2) is 6.29. The van der Waals surface area contributed by atoms with Crippen molar-refractivity contribution in [1.29, 1.82) is 0 Å². The van der Waals surface area contributed by atoms with Gasteiger partial charge in [0.2, 0.25) is 0 Å². The maximum Gasteiger partial charge on any atom is 0.434 e. The van der Waals surface area contributed by atoms with E-state index in [4.69, 9.17) is 0 Å². The van der Waals surface area contributed by atoms with Crippen LogP contribution < -0.4 is 4.90 Å². The highest BCUT2D eigenvalue weighted by Crippen LogP contribution is 2.31. The normalized spacial score (nSPS) is 13.2. The van der Waals surface area contributed by atoms with Gasteiger partial charge in [-0.3, -0.25) is 4.98 Å². The van der Waals surface area contributed by atoms with Crippen LogP contribution in [-0.4, -0.2) is 22.0 Å². The first-order valence-corrected chi connectivity index (χ1v) is 6.82. The minimum atomic E-state index is -4.48. The molecule has 0 aromatic carbocycles. The van der Waals surface area contributed by atoms with Crippen LogP contribution in [0.5, 0.6) is 0 Å². The Morgan fingerprint density at radius 3 is 2.27 bits per heavy atom. The fourth-order valence-electron chi connectivity index (χ4n) is 2.40. The molecule has 0 spiro atoms. The Balaban J connectivity index is 2.30. The van der Waals surface area contributed by atoms with Crippen molar-refractivity contribution in [1.82, 2.24) is 15.0 Å².